The van der Waals surface area contributed by atoms with Crippen LogP contribution in [-0.4, -0.2) is 52.7 Å². The van der Waals surface area contributed by atoms with Crippen molar-refractivity contribution in [3.05, 3.63) is 41.7 Å². The fraction of sp³-hybridized carbons (Fsp3) is 0.500. The molecular weight excluding hydrogens is 332 g/mol. The molecule has 3 rings (SSSR count). The Bertz CT molecular complexity index is 707. The second-order valence-electron chi connectivity index (χ2n) is 6.44. The monoisotopic (exact) mass is 358 g/mol. The van der Waals surface area contributed by atoms with Crippen LogP contribution in [0.2, 0.25) is 0 Å². The van der Waals surface area contributed by atoms with E-state index in [2.05, 4.69) is 15.6 Å². The molecule has 1 saturated heterocycles. The number of likely N-dealkylation sites (tertiary alicyclic amines) is 1. The van der Waals surface area contributed by atoms with Crippen LogP contribution in [0.5, 0.6) is 5.75 Å². The molecule has 0 saturated carbocycles. The second kappa shape index (κ2) is 8.66. The lowest BCUT2D eigenvalue weighted by atomic mass is 10.1. The molecule has 0 spiro atoms. The molecule has 1 aromatic carbocycles. The molecule has 0 unspecified atom stereocenters. The summed E-state index contributed by atoms with van der Waals surface area (Å²) in [6, 6.07) is 8.18. The van der Waals surface area contributed by atoms with E-state index in [0.717, 1.165) is 43.8 Å². The van der Waals surface area contributed by atoms with Gasteiger partial charge in [0.1, 0.15) is 5.75 Å². The van der Waals surface area contributed by atoms with Crippen LogP contribution in [-0.2, 0) is 13.0 Å². The lowest BCUT2D eigenvalue weighted by Gasteiger charge is -2.31. The van der Waals surface area contributed by atoms with Crippen molar-refractivity contribution in [1.82, 2.24) is 25.2 Å². The summed E-state index contributed by atoms with van der Waals surface area (Å²) in [5.74, 6) is 0.839. The lowest BCUT2D eigenvalue weighted by Crippen LogP contribution is -2.45. The third-order valence-corrected chi connectivity index (χ3v) is 4.74. The highest BCUT2D eigenvalue weighted by Gasteiger charge is 2.24. The number of carbonyl (C=O) groups is 1. The molecule has 26 heavy (non-hydrogen) atoms. The van der Waals surface area contributed by atoms with E-state index in [9.17, 15) is 4.79 Å². The molecule has 0 bridgehead atoms. The molecule has 2 aromatic rings. The minimum Gasteiger partial charge on any atom is -0.497 e. The van der Waals surface area contributed by atoms with Gasteiger partial charge in [-0.3, -0.25) is 0 Å². The van der Waals surface area contributed by atoms with Crippen molar-refractivity contribution in [2.75, 3.05) is 26.7 Å². The van der Waals surface area contributed by atoms with Crippen LogP contribution in [0.25, 0.3) is 0 Å². The number of rotatable bonds is 6. The van der Waals surface area contributed by atoms with Gasteiger partial charge in [-0.15, -0.1) is 5.10 Å². The Morgan fingerprint density at radius 2 is 2.04 bits per heavy atom. The third kappa shape index (κ3) is 4.51. The number of hydrogen-bond acceptors (Lipinski definition) is 5. The third-order valence-electron chi connectivity index (χ3n) is 4.74. The topological polar surface area (TPSA) is 98.3 Å². The van der Waals surface area contributed by atoms with Crippen LogP contribution >= 0.6 is 0 Å². The largest absolute Gasteiger partial charge is 0.497 e. The Morgan fingerprint density at radius 3 is 2.65 bits per heavy atom. The number of nitrogens with one attached hydrogen (secondary N) is 1. The predicted molar refractivity (Wildman–Crippen MR) is 97.9 cm³/mol. The minimum absolute atomic E-state index is 0.00167. The van der Waals surface area contributed by atoms with E-state index in [4.69, 9.17) is 10.5 Å². The molecule has 1 aromatic heterocycles. The summed E-state index contributed by atoms with van der Waals surface area (Å²) in [6.45, 7) is 2.46. The molecule has 1 fully saturated rings. The first-order valence-electron chi connectivity index (χ1n) is 8.96. The summed E-state index contributed by atoms with van der Waals surface area (Å²) in [5, 5.41) is 11.2. The van der Waals surface area contributed by atoms with Crippen molar-refractivity contribution < 1.29 is 9.53 Å². The average Bonchev–Trinajstić information content (AvgIpc) is 3.18. The zero-order chi connectivity index (χ0) is 18.4. The highest BCUT2D eigenvalue weighted by atomic mass is 16.5. The van der Waals surface area contributed by atoms with Crippen LogP contribution in [0.15, 0.2) is 30.5 Å². The molecule has 0 radical (unpaired) electrons. The standard InChI is InChI=1S/C18H26N6O2/c1-26-17-4-2-14(3-5-17)6-9-20-18(25)23-10-7-16(8-11-23)24-13-15(12-19)21-22-24/h2-5,13,16H,6-12,19H2,1H3,(H,20,25). The molecule has 8 nitrogen and oxygen atoms in total. The maximum Gasteiger partial charge on any atom is 0.317 e. The Hall–Kier alpha value is -2.61. The predicted octanol–water partition coefficient (Wildman–Crippen LogP) is 1.33. The highest BCUT2D eigenvalue weighted by molar-refractivity contribution is 5.74. The number of nitrogens with zero attached hydrogens (tertiary/aromatic N) is 4. The van der Waals surface area contributed by atoms with E-state index < -0.39 is 0 Å². The number of methoxy groups -OCH3 is 1. The van der Waals surface area contributed by atoms with Gasteiger partial charge >= 0.3 is 6.03 Å². The number of urea groups is 1. The Morgan fingerprint density at radius 1 is 1.31 bits per heavy atom. The van der Waals surface area contributed by atoms with E-state index in [-0.39, 0.29) is 12.1 Å². The molecule has 3 N–H and O–H groups in total. The van der Waals surface area contributed by atoms with Gasteiger partial charge in [0.25, 0.3) is 0 Å². The van der Waals surface area contributed by atoms with Crippen molar-refractivity contribution >= 4 is 6.03 Å². The SMILES string of the molecule is COc1ccc(CCNC(=O)N2CCC(n3cc(CN)nn3)CC2)cc1. The Balaban J connectivity index is 1.40. The van der Waals surface area contributed by atoms with Gasteiger partial charge in [-0.1, -0.05) is 17.3 Å². The van der Waals surface area contributed by atoms with Crippen molar-refractivity contribution in [1.29, 1.82) is 0 Å². The molecule has 2 heterocycles. The van der Waals surface area contributed by atoms with Crippen molar-refractivity contribution in [3.63, 3.8) is 0 Å². The first kappa shape index (κ1) is 18.2. The van der Waals surface area contributed by atoms with E-state index in [0.29, 0.717) is 13.1 Å². The number of piperidine rings is 1. The van der Waals surface area contributed by atoms with Gasteiger partial charge in [-0.05, 0) is 37.0 Å². The fourth-order valence-corrected chi connectivity index (χ4v) is 3.14. The highest BCUT2D eigenvalue weighted by Crippen LogP contribution is 2.21. The fourth-order valence-electron chi connectivity index (χ4n) is 3.14. The lowest BCUT2D eigenvalue weighted by molar-refractivity contribution is 0.168. The van der Waals surface area contributed by atoms with E-state index in [1.165, 1.54) is 5.56 Å². The molecular formula is C18H26N6O2. The van der Waals surface area contributed by atoms with Crippen LogP contribution in [0.1, 0.15) is 30.1 Å². The quantitative estimate of drug-likeness (QED) is 0.812. The smallest absolute Gasteiger partial charge is 0.317 e. The van der Waals surface area contributed by atoms with Gasteiger partial charge in [-0.25, -0.2) is 9.48 Å². The number of hydrogen-bond donors (Lipinski definition) is 2. The van der Waals surface area contributed by atoms with Crippen LogP contribution < -0.4 is 15.8 Å². The van der Waals surface area contributed by atoms with Crippen LogP contribution in [0, 0.1) is 0 Å². The zero-order valence-electron chi connectivity index (χ0n) is 15.1. The zero-order valence-corrected chi connectivity index (χ0v) is 15.1. The maximum atomic E-state index is 12.3. The number of ether oxygens (including phenoxy) is 1. The number of amides is 2. The summed E-state index contributed by atoms with van der Waals surface area (Å²) in [5.41, 5.74) is 7.54. The first-order chi connectivity index (χ1) is 12.7. The van der Waals surface area contributed by atoms with Crippen LogP contribution in [0.3, 0.4) is 0 Å². The van der Waals surface area contributed by atoms with E-state index in [1.54, 1.807) is 7.11 Å². The molecule has 0 atom stereocenters. The van der Waals surface area contributed by atoms with Gasteiger partial charge in [0.2, 0.25) is 0 Å². The molecule has 1 aliphatic heterocycles. The number of aromatic nitrogens is 3. The average molecular weight is 358 g/mol. The van der Waals surface area contributed by atoms with Gasteiger partial charge in [-0.2, -0.15) is 0 Å². The number of nitrogens with two attached hydrogens (primary N) is 1. The molecule has 1 aliphatic rings. The van der Waals surface area contributed by atoms with Gasteiger partial charge < -0.3 is 20.7 Å². The number of carbonyl (C=O) groups excluding carboxylic acids is 1. The Kier molecular flexibility index (Phi) is 6.06. The summed E-state index contributed by atoms with van der Waals surface area (Å²) >= 11 is 0. The van der Waals surface area contributed by atoms with Gasteiger partial charge in [0.05, 0.1) is 25.0 Å². The molecule has 8 heteroatoms. The summed E-state index contributed by atoms with van der Waals surface area (Å²) in [4.78, 5) is 14.2. The van der Waals surface area contributed by atoms with Gasteiger partial charge in [0, 0.05) is 26.2 Å². The van der Waals surface area contributed by atoms with Crippen molar-refractivity contribution in [2.45, 2.75) is 31.8 Å². The molecule has 0 aliphatic carbocycles. The minimum atomic E-state index is -0.00167. The molecule has 140 valence electrons. The van der Waals surface area contributed by atoms with Crippen molar-refractivity contribution in [3.8, 4) is 5.75 Å². The second-order valence-corrected chi connectivity index (χ2v) is 6.44. The first-order valence-corrected chi connectivity index (χ1v) is 8.96. The maximum absolute atomic E-state index is 12.3. The Labute approximate surface area is 153 Å². The van der Waals surface area contributed by atoms with Crippen LogP contribution in [0.4, 0.5) is 4.79 Å². The van der Waals surface area contributed by atoms with Gasteiger partial charge in [0.15, 0.2) is 0 Å². The number of benzene rings is 1. The molecule has 2 amide bonds. The summed E-state index contributed by atoms with van der Waals surface area (Å²) in [6.07, 6.45) is 4.45. The van der Waals surface area contributed by atoms with E-state index >= 15 is 0 Å². The summed E-state index contributed by atoms with van der Waals surface area (Å²) in [7, 11) is 1.65. The van der Waals surface area contributed by atoms with Crippen molar-refractivity contribution in [2.24, 2.45) is 5.73 Å². The normalized spacial score (nSPS) is 15.1. The van der Waals surface area contributed by atoms with E-state index in [1.807, 2.05) is 40.0 Å². The summed E-state index contributed by atoms with van der Waals surface area (Å²) < 4.78 is 7.02.